The largest absolute Gasteiger partial charge is 0.371 e. The van der Waals surface area contributed by atoms with Crippen molar-refractivity contribution in [2.75, 3.05) is 44.7 Å². The van der Waals surface area contributed by atoms with Crippen molar-refractivity contribution in [3.63, 3.8) is 0 Å². The van der Waals surface area contributed by atoms with Gasteiger partial charge in [0.15, 0.2) is 0 Å². The Bertz CT molecular complexity index is 826. The van der Waals surface area contributed by atoms with Gasteiger partial charge in [-0.05, 0) is 77.8 Å². The van der Waals surface area contributed by atoms with Gasteiger partial charge < -0.3 is 14.6 Å². The first kappa shape index (κ1) is 27.5. The maximum absolute atomic E-state index is 13.4. The molecule has 0 aromatic carbocycles. The summed E-state index contributed by atoms with van der Waals surface area (Å²) in [7, 11) is 2.11. The van der Waals surface area contributed by atoms with Gasteiger partial charge in [0, 0.05) is 56.5 Å². The molecule has 6 heteroatoms. The summed E-state index contributed by atoms with van der Waals surface area (Å²) in [5, 5.41) is 0. The molecule has 0 radical (unpaired) electrons. The summed E-state index contributed by atoms with van der Waals surface area (Å²) in [5.41, 5.74) is 1.20. The van der Waals surface area contributed by atoms with E-state index in [1.54, 1.807) is 6.20 Å². The highest BCUT2D eigenvalue weighted by atomic mass is 16.2. The predicted octanol–water partition coefficient (Wildman–Crippen LogP) is 4.71. The lowest BCUT2D eigenvalue weighted by Gasteiger charge is -2.32. The standard InChI is InChI=1S/C28H42N4O2/c1-5-8-12-26(11-6-2)31(7-3)21-19-30(4)20-22-32(27-13-9-10-18-29-27)28(34)25-16-14-24(23-33)15-17-25/h5-6,8-13,18,23-25H,7,14-17,19-22H2,1-4H3/b8-5-,11-6-,26-12+. The zero-order valence-electron chi connectivity index (χ0n) is 21.4. The molecule has 1 amide bonds. The maximum atomic E-state index is 13.4. The van der Waals surface area contributed by atoms with Gasteiger partial charge in [-0.3, -0.25) is 9.69 Å². The van der Waals surface area contributed by atoms with Crippen molar-refractivity contribution >= 4 is 18.0 Å². The molecule has 0 spiro atoms. The molecule has 1 aliphatic rings. The Balaban J connectivity index is 2.00. The fraction of sp³-hybridized carbons (Fsp3) is 0.536. The second kappa shape index (κ2) is 15.2. The summed E-state index contributed by atoms with van der Waals surface area (Å²) < 4.78 is 0. The van der Waals surface area contributed by atoms with E-state index in [1.165, 1.54) is 5.70 Å². The molecule has 0 saturated heterocycles. The summed E-state index contributed by atoms with van der Waals surface area (Å²) in [6, 6.07) is 5.70. The van der Waals surface area contributed by atoms with Crippen LogP contribution >= 0.6 is 0 Å². The van der Waals surface area contributed by atoms with Gasteiger partial charge >= 0.3 is 0 Å². The van der Waals surface area contributed by atoms with Crippen LogP contribution < -0.4 is 4.90 Å². The average molecular weight is 467 g/mol. The van der Waals surface area contributed by atoms with Gasteiger partial charge in [-0.15, -0.1) is 0 Å². The number of nitrogens with zero attached hydrogens (tertiary/aromatic N) is 4. The predicted molar refractivity (Wildman–Crippen MR) is 141 cm³/mol. The number of amides is 1. The zero-order chi connectivity index (χ0) is 24.8. The van der Waals surface area contributed by atoms with Crippen LogP contribution in [0.25, 0.3) is 0 Å². The van der Waals surface area contributed by atoms with E-state index in [0.717, 1.165) is 58.1 Å². The Morgan fingerprint density at radius 2 is 1.79 bits per heavy atom. The first-order valence-corrected chi connectivity index (χ1v) is 12.6. The molecule has 0 atom stereocenters. The van der Waals surface area contributed by atoms with Gasteiger partial charge in [-0.2, -0.15) is 0 Å². The lowest BCUT2D eigenvalue weighted by molar-refractivity contribution is -0.124. The second-order valence-electron chi connectivity index (χ2n) is 8.93. The third-order valence-electron chi connectivity index (χ3n) is 6.51. The third kappa shape index (κ3) is 8.56. The first-order chi connectivity index (χ1) is 16.5. The molecule has 0 N–H and O–H groups in total. The van der Waals surface area contributed by atoms with Gasteiger partial charge in [0.25, 0.3) is 0 Å². The van der Waals surface area contributed by atoms with Crippen LogP contribution in [0.2, 0.25) is 0 Å². The molecule has 1 aliphatic carbocycles. The van der Waals surface area contributed by atoms with Crippen LogP contribution in [0, 0.1) is 11.8 Å². The number of hydrogen-bond donors (Lipinski definition) is 0. The number of aromatic nitrogens is 1. The summed E-state index contributed by atoms with van der Waals surface area (Å²) in [6.07, 6.45) is 16.4. The molecular formula is C28H42N4O2. The van der Waals surface area contributed by atoms with Crippen LogP contribution in [0.5, 0.6) is 0 Å². The molecule has 186 valence electrons. The molecule has 2 rings (SSSR count). The number of rotatable bonds is 13. The van der Waals surface area contributed by atoms with E-state index in [0.29, 0.717) is 12.4 Å². The highest BCUT2D eigenvalue weighted by Gasteiger charge is 2.30. The molecule has 6 nitrogen and oxygen atoms in total. The van der Waals surface area contributed by atoms with Gasteiger partial charge in [-0.25, -0.2) is 4.98 Å². The number of carbonyl (C=O) groups excluding carboxylic acids is 2. The molecule has 0 aliphatic heterocycles. The van der Waals surface area contributed by atoms with Crippen molar-refractivity contribution in [1.82, 2.24) is 14.8 Å². The number of anilines is 1. The number of likely N-dealkylation sites (N-methyl/N-ethyl adjacent to an activating group) is 2. The molecule has 1 heterocycles. The number of hydrogen-bond acceptors (Lipinski definition) is 5. The van der Waals surface area contributed by atoms with Crippen molar-refractivity contribution < 1.29 is 9.59 Å². The SMILES string of the molecule is C\C=C/C=C(\C=C/C)N(CC)CCN(C)CCN(C(=O)C1CCC(C=O)CC1)c1ccccn1. The maximum Gasteiger partial charge on any atom is 0.231 e. The van der Waals surface area contributed by atoms with E-state index in [4.69, 9.17) is 0 Å². The van der Waals surface area contributed by atoms with Crippen molar-refractivity contribution in [1.29, 1.82) is 0 Å². The van der Waals surface area contributed by atoms with Crippen molar-refractivity contribution in [2.24, 2.45) is 11.8 Å². The van der Waals surface area contributed by atoms with Crippen LogP contribution in [0.15, 0.2) is 60.5 Å². The number of allylic oxidation sites excluding steroid dienone is 5. The van der Waals surface area contributed by atoms with Gasteiger partial charge in [0.1, 0.15) is 12.1 Å². The monoisotopic (exact) mass is 466 g/mol. The molecule has 1 aromatic heterocycles. The Morgan fingerprint density at radius 3 is 2.38 bits per heavy atom. The van der Waals surface area contributed by atoms with Crippen LogP contribution in [0.1, 0.15) is 46.5 Å². The Kier molecular flexibility index (Phi) is 12.3. The minimum absolute atomic E-state index is 0.0285. The highest BCUT2D eigenvalue weighted by molar-refractivity contribution is 5.94. The molecule has 34 heavy (non-hydrogen) atoms. The number of carbonyl (C=O) groups is 2. The smallest absolute Gasteiger partial charge is 0.231 e. The van der Waals surface area contributed by atoms with E-state index in [9.17, 15) is 9.59 Å². The Hall–Kier alpha value is -2.73. The summed E-state index contributed by atoms with van der Waals surface area (Å²) in [6.45, 7) is 10.3. The fourth-order valence-electron chi connectivity index (χ4n) is 4.35. The topological polar surface area (TPSA) is 56.8 Å². The van der Waals surface area contributed by atoms with E-state index < -0.39 is 0 Å². The normalized spacial score (nSPS) is 19.1. The van der Waals surface area contributed by atoms with E-state index in [2.05, 4.69) is 53.1 Å². The lowest BCUT2D eigenvalue weighted by atomic mass is 9.82. The van der Waals surface area contributed by atoms with Crippen molar-refractivity contribution in [2.45, 2.75) is 46.5 Å². The minimum Gasteiger partial charge on any atom is -0.371 e. The second-order valence-corrected chi connectivity index (χ2v) is 8.93. The van der Waals surface area contributed by atoms with Crippen LogP contribution in [0.4, 0.5) is 5.82 Å². The quantitative estimate of drug-likeness (QED) is 0.311. The molecule has 0 bridgehead atoms. The summed E-state index contributed by atoms with van der Waals surface area (Å²) >= 11 is 0. The molecule has 0 unspecified atom stereocenters. The first-order valence-electron chi connectivity index (χ1n) is 12.6. The van der Waals surface area contributed by atoms with Crippen LogP contribution in [0.3, 0.4) is 0 Å². The van der Waals surface area contributed by atoms with Crippen LogP contribution in [-0.4, -0.2) is 66.7 Å². The lowest BCUT2D eigenvalue weighted by Crippen LogP contribution is -2.43. The molecule has 1 saturated carbocycles. The molecular weight excluding hydrogens is 424 g/mol. The number of aldehydes is 1. The summed E-state index contributed by atoms with van der Waals surface area (Å²) in [5.74, 6) is 0.920. The van der Waals surface area contributed by atoms with E-state index in [-0.39, 0.29) is 17.7 Å². The molecule has 1 aromatic rings. The zero-order valence-corrected chi connectivity index (χ0v) is 21.4. The van der Waals surface area contributed by atoms with Gasteiger partial charge in [0.05, 0.1) is 0 Å². The van der Waals surface area contributed by atoms with Crippen LogP contribution in [-0.2, 0) is 9.59 Å². The minimum atomic E-state index is -0.0285. The Morgan fingerprint density at radius 1 is 1.06 bits per heavy atom. The van der Waals surface area contributed by atoms with E-state index in [1.807, 2.05) is 43.0 Å². The van der Waals surface area contributed by atoms with Crippen molar-refractivity contribution in [3.8, 4) is 0 Å². The summed E-state index contributed by atoms with van der Waals surface area (Å²) in [4.78, 5) is 35.5. The van der Waals surface area contributed by atoms with Gasteiger partial charge in [-0.1, -0.05) is 24.3 Å². The van der Waals surface area contributed by atoms with Crippen molar-refractivity contribution in [3.05, 3.63) is 60.5 Å². The average Bonchev–Trinajstić information content (AvgIpc) is 2.88. The number of pyridine rings is 1. The fourth-order valence-corrected chi connectivity index (χ4v) is 4.35. The molecule has 1 fully saturated rings. The highest BCUT2D eigenvalue weighted by Crippen LogP contribution is 2.30. The van der Waals surface area contributed by atoms with E-state index >= 15 is 0 Å². The Labute approximate surface area is 206 Å². The third-order valence-corrected chi connectivity index (χ3v) is 6.51. The van der Waals surface area contributed by atoms with Gasteiger partial charge in [0.2, 0.25) is 5.91 Å².